The van der Waals surface area contributed by atoms with Crippen molar-refractivity contribution in [3.05, 3.63) is 0 Å². The monoisotopic (exact) mass is 178 g/mol. The fraction of sp³-hybridized carbons (Fsp3) is 1.00. The van der Waals surface area contributed by atoms with Crippen LogP contribution in [0.1, 0.15) is 13.3 Å². The quantitative estimate of drug-likeness (QED) is 0.602. The van der Waals surface area contributed by atoms with E-state index in [1.165, 1.54) is 0 Å². The largest absolute Gasteiger partial charge is 0.392 e. The van der Waals surface area contributed by atoms with Crippen molar-refractivity contribution in [2.24, 2.45) is 0 Å². The summed E-state index contributed by atoms with van der Waals surface area (Å²) in [6.45, 7) is 1.87. The molecule has 1 heterocycles. The average Bonchev–Trinajstić information content (AvgIpc) is 1.85. The van der Waals surface area contributed by atoms with Crippen LogP contribution in [0.25, 0.3) is 0 Å². The number of hydrogen-bond acceptors (Lipinski definition) is 4. The Kier molecular flexibility index (Phi) is 3.18. The Morgan fingerprint density at radius 3 is 2.55 bits per heavy atom. The summed E-state index contributed by atoms with van der Waals surface area (Å²) in [6.07, 6.45) is 0.970. The molecule has 1 aliphatic rings. The molecule has 1 fully saturated rings. The van der Waals surface area contributed by atoms with Crippen molar-refractivity contribution in [3.8, 4) is 0 Å². The minimum atomic E-state index is -0.789. The number of hydrogen-bond donors (Lipinski definition) is 2. The molecule has 1 rings (SSSR count). The highest BCUT2D eigenvalue weighted by atomic mass is 32.2. The summed E-state index contributed by atoms with van der Waals surface area (Å²) < 4.78 is 5.13. The van der Waals surface area contributed by atoms with Gasteiger partial charge >= 0.3 is 0 Å². The molecule has 0 aromatic rings. The molecule has 0 aliphatic carbocycles. The molecule has 3 nitrogen and oxygen atoms in total. The molecular weight excluding hydrogens is 164 g/mol. The zero-order valence-corrected chi connectivity index (χ0v) is 7.54. The van der Waals surface area contributed by atoms with Crippen LogP contribution in [0.4, 0.5) is 0 Å². The van der Waals surface area contributed by atoms with Crippen LogP contribution >= 0.6 is 11.8 Å². The second-order valence-electron chi connectivity index (χ2n) is 2.80. The molecule has 0 aromatic carbocycles. The Labute approximate surface area is 70.7 Å². The van der Waals surface area contributed by atoms with E-state index in [9.17, 15) is 5.11 Å². The van der Waals surface area contributed by atoms with Gasteiger partial charge in [-0.2, -0.15) is 11.8 Å². The summed E-state index contributed by atoms with van der Waals surface area (Å²) in [4.78, 5) is 0. The Hall–Kier alpha value is 0.230. The Balaban J connectivity index is 2.52. The highest BCUT2D eigenvalue weighted by Gasteiger charge is 2.33. The lowest BCUT2D eigenvalue weighted by Gasteiger charge is -2.35. The Morgan fingerprint density at radius 2 is 2.09 bits per heavy atom. The van der Waals surface area contributed by atoms with Gasteiger partial charge in [-0.1, -0.05) is 0 Å². The van der Waals surface area contributed by atoms with E-state index in [4.69, 9.17) is 9.84 Å². The SMILES string of the molecule is CSC1C(O)CC(O)OC1C. The van der Waals surface area contributed by atoms with E-state index in [1.807, 2.05) is 13.2 Å². The van der Waals surface area contributed by atoms with Gasteiger partial charge in [0, 0.05) is 6.42 Å². The molecular formula is C7H14O3S. The molecule has 0 amide bonds. The van der Waals surface area contributed by atoms with Gasteiger partial charge in [-0.3, -0.25) is 0 Å². The molecule has 0 bridgehead atoms. The molecule has 4 unspecified atom stereocenters. The summed E-state index contributed by atoms with van der Waals surface area (Å²) in [7, 11) is 0. The van der Waals surface area contributed by atoms with Crippen LogP contribution in [0.15, 0.2) is 0 Å². The smallest absolute Gasteiger partial charge is 0.157 e. The lowest BCUT2D eigenvalue weighted by Crippen LogP contribution is -2.44. The maximum Gasteiger partial charge on any atom is 0.157 e. The average molecular weight is 178 g/mol. The van der Waals surface area contributed by atoms with Gasteiger partial charge < -0.3 is 14.9 Å². The van der Waals surface area contributed by atoms with Crippen LogP contribution in [0, 0.1) is 0 Å². The van der Waals surface area contributed by atoms with Crippen LogP contribution in [0.3, 0.4) is 0 Å². The van der Waals surface area contributed by atoms with Crippen LogP contribution in [-0.2, 0) is 4.74 Å². The lowest BCUT2D eigenvalue weighted by molar-refractivity contribution is -0.179. The fourth-order valence-corrected chi connectivity index (χ4v) is 2.26. The number of aliphatic hydroxyl groups is 2. The first kappa shape index (κ1) is 9.32. The Bertz CT molecular complexity index is 119. The van der Waals surface area contributed by atoms with Crippen LogP contribution in [-0.4, -0.2) is 40.2 Å². The summed E-state index contributed by atoms with van der Waals surface area (Å²) in [5, 5.41) is 18.6. The number of thioether (sulfide) groups is 1. The summed E-state index contributed by atoms with van der Waals surface area (Å²) in [6, 6.07) is 0. The Morgan fingerprint density at radius 1 is 1.45 bits per heavy atom. The molecule has 0 saturated carbocycles. The second-order valence-corrected chi connectivity index (χ2v) is 3.81. The first-order chi connectivity index (χ1) is 5.15. The van der Waals surface area contributed by atoms with Crippen molar-refractivity contribution >= 4 is 11.8 Å². The van der Waals surface area contributed by atoms with E-state index in [-0.39, 0.29) is 11.4 Å². The third-order valence-corrected chi connectivity index (χ3v) is 3.17. The predicted octanol–water partition coefficient (Wildman–Crippen LogP) is 0.206. The standard InChI is InChI=1S/C7H14O3S/c1-4-7(11-2)5(8)3-6(9)10-4/h4-9H,3H2,1-2H3. The van der Waals surface area contributed by atoms with Crippen molar-refractivity contribution in [2.75, 3.05) is 6.26 Å². The van der Waals surface area contributed by atoms with Crippen molar-refractivity contribution in [1.29, 1.82) is 0 Å². The van der Waals surface area contributed by atoms with Crippen molar-refractivity contribution in [2.45, 2.75) is 37.1 Å². The third-order valence-electron chi connectivity index (χ3n) is 1.93. The minimum absolute atomic E-state index is 0.0660. The van der Waals surface area contributed by atoms with Crippen LogP contribution < -0.4 is 0 Å². The van der Waals surface area contributed by atoms with Gasteiger partial charge in [-0.05, 0) is 13.2 Å². The number of rotatable bonds is 1. The van der Waals surface area contributed by atoms with Crippen molar-refractivity contribution in [1.82, 2.24) is 0 Å². The second kappa shape index (κ2) is 3.76. The highest BCUT2D eigenvalue weighted by molar-refractivity contribution is 7.99. The molecule has 2 N–H and O–H groups in total. The molecule has 0 radical (unpaired) electrons. The molecule has 4 heteroatoms. The van der Waals surface area contributed by atoms with Gasteiger partial charge in [0.2, 0.25) is 0 Å². The molecule has 0 aromatic heterocycles. The van der Waals surface area contributed by atoms with E-state index in [0.29, 0.717) is 6.42 Å². The van der Waals surface area contributed by atoms with Crippen molar-refractivity contribution < 1.29 is 14.9 Å². The van der Waals surface area contributed by atoms with Crippen LogP contribution in [0.2, 0.25) is 0 Å². The summed E-state index contributed by atoms with van der Waals surface area (Å²) in [5.41, 5.74) is 0. The van der Waals surface area contributed by atoms with Gasteiger partial charge in [0.25, 0.3) is 0 Å². The maximum atomic E-state index is 9.45. The first-order valence-corrected chi connectivity index (χ1v) is 4.98. The van der Waals surface area contributed by atoms with Gasteiger partial charge in [0.15, 0.2) is 6.29 Å². The first-order valence-electron chi connectivity index (χ1n) is 3.69. The van der Waals surface area contributed by atoms with Crippen molar-refractivity contribution in [3.63, 3.8) is 0 Å². The summed E-state index contributed by atoms with van der Waals surface area (Å²) in [5.74, 6) is 0. The fourth-order valence-electron chi connectivity index (χ4n) is 1.38. The van der Waals surface area contributed by atoms with E-state index < -0.39 is 12.4 Å². The minimum Gasteiger partial charge on any atom is -0.392 e. The van der Waals surface area contributed by atoms with E-state index in [0.717, 1.165) is 0 Å². The molecule has 11 heavy (non-hydrogen) atoms. The van der Waals surface area contributed by atoms with E-state index >= 15 is 0 Å². The van der Waals surface area contributed by atoms with Gasteiger partial charge in [0.1, 0.15) is 0 Å². The molecule has 0 spiro atoms. The molecule has 4 atom stereocenters. The normalized spacial score (nSPS) is 45.8. The van der Waals surface area contributed by atoms with Crippen LogP contribution in [0.5, 0.6) is 0 Å². The third kappa shape index (κ3) is 2.08. The van der Waals surface area contributed by atoms with E-state index in [2.05, 4.69) is 0 Å². The maximum absolute atomic E-state index is 9.45. The molecule has 1 saturated heterocycles. The topological polar surface area (TPSA) is 49.7 Å². The van der Waals surface area contributed by atoms with Gasteiger partial charge in [0.05, 0.1) is 17.5 Å². The lowest BCUT2D eigenvalue weighted by atomic mass is 10.1. The molecule has 1 aliphatic heterocycles. The van der Waals surface area contributed by atoms with Gasteiger partial charge in [-0.15, -0.1) is 0 Å². The number of ether oxygens (including phenoxy) is 1. The number of aliphatic hydroxyl groups excluding tert-OH is 2. The summed E-state index contributed by atoms with van der Waals surface area (Å²) >= 11 is 1.58. The zero-order valence-electron chi connectivity index (χ0n) is 6.73. The predicted molar refractivity (Wildman–Crippen MR) is 44.5 cm³/mol. The van der Waals surface area contributed by atoms with Gasteiger partial charge in [-0.25, -0.2) is 0 Å². The van der Waals surface area contributed by atoms with E-state index in [1.54, 1.807) is 11.8 Å². The highest BCUT2D eigenvalue weighted by Crippen LogP contribution is 2.26. The molecule has 66 valence electrons. The zero-order chi connectivity index (χ0) is 8.43.